The minimum Gasteiger partial charge on any atom is -0.462 e. The molecule has 5 nitrogen and oxygen atoms in total. The van der Waals surface area contributed by atoms with Gasteiger partial charge in [0.05, 0.1) is 6.61 Å². The van der Waals surface area contributed by atoms with Crippen LogP contribution in [-0.4, -0.2) is 36.4 Å². The van der Waals surface area contributed by atoms with Crippen molar-refractivity contribution in [1.82, 2.24) is 0 Å². The van der Waals surface area contributed by atoms with Gasteiger partial charge in [-0.3, -0.25) is 9.59 Å². The molecule has 95 heavy (non-hydrogen) atoms. The number of esters is 2. The van der Waals surface area contributed by atoms with E-state index in [1.165, 1.54) is 488 Å². The van der Waals surface area contributed by atoms with Gasteiger partial charge in [-0.05, 0) is 12.8 Å². The van der Waals surface area contributed by atoms with Gasteiger partial charge in [0, 0.05) is 12.8 Å². The van der Waals surface area contributed by atoms with E-state index in [4.69, 9.17) is 9.47 Å². The van der Waals surface area contributed by atoms with Crippen molar-refractivity contribution in [2.75, 3.05) is 13.2 Å². The standard InChI is InChI=1S/C90H178O5/c1-3-5-7-9-11-13-15-17-19-21-23-25-27-29-31-33-35-37-39-41-43-45-47-49-51-53-55-57-59-61-63-65-67-69-71-73-75-77-79-81-83-85-90(93)95-88(86-91)87-94-89(92)84-82-80-78-76-74-72-70-68-66-64-62-60-58-56-54-52-50-48-46-44-42-40-38-36-34-32-30-28-26-24-22-20-18-16-14-12-10-8-6-4-2/h88,91H,3-87H2,1-2H3. The van der Waals surface area contributed by atoms with E-state index >= 15 is 0 Å². The van der Waals surface area contributed by atoms with E-state index < -0.39 is 6.10 Å². The van der Waals surface area contributed by atoms with Gasteiger partial charge in [-0.15, -0.1) is 0 Å². The zero-order valence-electron chi connectivity index (χ0n) is 65.8. The molecule has 0 aromatic carbocycles. The molecule has 0 spiro atoms. The van der Waals surface area contributed by atoms with Crippen molar-refractivity contribution in [3.63, 3.8) is 0 Å². The van der Waals surface area contributed by atoms with Gasteiger partial charge < -0.3 is 14.6 Å². The van der Waals surface area contributed by atoms with Crippen molar-refractivity contribution in [2.24, 2.45) is 0 Å². The summed E-state index contributed by atoms with van der Waals surface area (Å²) in [5, 5.41) is 9.75. The van der Waals surface area contributed by atoms with E-state index in [0.717, 1.165) is 32.1 Å². The number of hydrogen-bond donors (Lipinski definition) is 1. The Kier molecular flexibility index (Phi) is 86.1. The number of aliphatic hydroxyl groups excluding tert-OH is 1. The van der Waals surface area contributed by atoms with Crippen LogP contribution in [-0.2, 0) is 19.1 Å². The Morgan fingerprint density at radius 3 is 0.463 bits per heavy atom. The topological polar surface area (TPSA) is 72.8 Å². The Morgan fingerprint density at radius 2 is 0.326 bits per heavy atom. The second-order valence-corrected chi connectivity index (χ2v) is 31.4. The van der Waals surface area contributed by atoms with Crippen molar-refractivity contribution in [3.8, 4) is 0 Å². The Bertz CT molecular complexity index is 1380. The van der Waals surface area contributed by atoms with Crippen LogP contribution in [0.4, 0.5) is 0 Å². The highest BCUT2D eigenvalue weighted by atomic mass is 16.6. The number of unbranched alkanes of at least 4 members (excludes halogenated alkanes) is 79. The molecule has 1 atom stereocenters. The van der Waals surface area contributed by atoms with Gasteiger partial charge in [0.2, 0.25) is 0 Å². The molecule has 0 saturated heterocycles. The highest BCUT2D eigenvalue weighted by Crippen LogP contribution is 2.22. The van der Waals surface area contributed by atoms with Crippen LogP contribution in [0.25, 0.3) is 0 Å². The number of carbonyl (C=O) groups is 2. The van der Waals surface area contributed by atoms with Gasteiger partial charge in [0.15, 0.2) is 6.10 Å². The van der Waals surface area contributed by atoms with Crippen LogP contribution >= 0.6 is 0 Å². The molecule has 5 heteroatoms. The van der Waals surface area contributed by atoms with E-state index in [9.17, 15) is 14.7 Å². The highest BCUT2D eigenvalue weighted by Gasteiger charge is 2.16. The predicted molar refractivity (Wildman–Crippen MR) is 422 cm³/mol. The van der Waals surface area contributed by atoms with Crippen molar-refractivity contribution in [1.29, 1.82) is 0 Å². The normalized spacial score (nSPS) is 12.0. The largest absolute Gasteiger partial charge is 0.462 e. The Balaban J connectivity index is 3.31. The summed E-state index contributed by atoms with van der Waals surface area (Å²) in [4.78, 5) is 24.8. The number of carbonyl (C=O) groups excluding carboxylic acids is 2. The molecule has 0 heterocycles. The fourth-order valence-corrected chi connectivity index (χ4v) is 14.9. The summed E-state index contributed by atoms with van der Waals surface area (Å²) in [6.07, 6.45) is 114. The summed E-state index contributed by atoms with van der Waals surface area (Å²) in [7, 11) is 0. The van der Waals surface area contributed by atoms with E-state index in [2.05, 4.69) is 13.8 Å². The lowest BCUT2D eigenvalue weighted by molar-refractivity contribution is -0.161. The number of ether oxygens (including phenoxy) is 2. The molecule has 0 amide bonds. The molecule has 0 aliphatic heterocycles. The van der Waals surface area contributed by atoms with Crippen LogP contribution in [0.15, 0.2) is 0 Å². The van der Waals surface area contributed by atoms with Gasteiger partial charge >= 0.3 is 11.9 Å². The molecule has 0 saturated carbocycles. The second-order valence-electron chi connectivity index (χ2n) is 31.4. The maximum atomic E-state index is 12.4. The van der Waals surface area contributed by atoms with Crippen LogP contribution in [0, 0.1) is 0 Å². The molecule has 568 valence electrons. The molecule has 0 aromatic heterocycles. The van der Waals surface area contributed by atoms with Crippen LogP contribution in [0.5, 0.6) is 0 Å². The fourth-order valence-electron chi connectivity index (χ4n) is 14.9. The lowest BCUT2D eigenvalue weighted by Gasteiger charge is -2.15. The van der Waals surface area contributed by atoms with E-state index in [1.807, 2.05) is 0 Å². The molecule has 0 fully saturated rings. The Labute approximate surface area is 599 Å². The predicted octanol–water partition coefficient (Wildman–Crippen LogP) is 31.9. The van der Waals surface area contributed by atoms with Crippen molar-refractivity contribution in [2.45, 2.75) is 553 Å². The van der Waals surface area contributed by atoms with Gasteiger partial charge in [0.25, 0.3) is 0 Å². The maximum Gasteiger partial charge on any atom is 0.306 e. The first-order chi connectivity index (χ1) is 47.1. The molecule has 0 aliphatic carbocycles. The second kappa shape index (κ2) is 87.1. The SMILES string of the molecule is CCCCCCCCCCCCCCCCCCCCCCCCCCCCCCCCCCCCCCCCCCCC(=O)OC(CO)COC(=O)CCCCCCCCCCCCCCCCCCCCCCCCCCCCCCCCCCCCCCCCCC. The summed E-state index contributed by atoms with van der Waals surface area (Å²) in [6.45, 7) is 4.24. The quantitative estimate of drug-likeness (QED) is 0.0485. The van der Waals surface area contributed by atoms with Gasteiger partial charge in [-0.1, -0.05) is 521 Å². The summed E-state index contributed by atoms with van der Waals surface area (Å²) in [5.41, 5.74) is 0. The number of aliphatic hydroxyl groups is 1. The third kappa shape index (κ3) is 85.2. The molecule has 0 aliphatic rings. The van der Waals surface area contributed by atoms with Crippen molar-refractivity contribution < 1.29 is 24.2 Å². The molecular formula is C90H178O5. The first-order valence-electron chi connectivity index (χ1n) is 45.1. The average Bonchev–Trinajstić information content (AvgIpc) is 3.80. The molecule has 0 rings (SSSR count). The molecule has 1 unspecified atom stereocenters. The molecule has 0 aromatic rings. The van der Waals surface area contributed by atoms with E-state index in [-0.39, 0.29) is 25.2 Å². The van der Waals surface area contributed by atoms with Crippen molar-refractivity contribution >= 4 is 11.9 Å². The smallest absolute Gasteiger partial charge is 0.306 e. The average molecular weight is 1340 g/mol. The number of hydrogen-bond acceptors (Lipinski definition) is 5. The molecule has 0 bridgehead atoms. The van der Waals surface area contributed by atoms with Crippen LogP contribution < -0.4 is 0 Å². The van der Waals surface area contributed by atoms with E-state index in [0.29, 0.717) is 12.8 Å². The van der Waals surface area contributed by atoms with Gasteiger partial charge in [0.1, 0.15) is 6.61 Å². The van der Waals surface area contributed by atoms with Gasteiger partial charge in [-0.2, -0.15) is 0 Å². The lowest BCUT2D eigenvalue weighted by atomic mass is 10.0. The first kappa shape index (κ1) is 93.9. The Hall–Kier alpha value is -1.10. The number of rotatable bonds is 87. The molecule has 0 radical (unpaired) electrons. The fraction of sp³-hybridized carbons (Fsp3) is 0.978. The third-order valence-electron chi connectivity index (χ3n) is 21.7. The lowest BCUT2D eigenvalue weighted by Crippen LogP contribution is -2.28. The van der Waals surface area contributed by atoms with Crippen LogP contribution in [0.2, 0.25) is 0 Å². The van der Waals surface area contributed by atoms with E-state index in [1.54, 1.807) is 0 Å². The molecular weight excluding hydrogens is 1160 g/mol. The minimum atomic E-state index is -0.767. The van der Waals surface area contributed by atoms with Crippen LogP contribution in [0.1, 0.15) is 547 Å². The first-order valence-corrected chi connectivity index (χ1v) is 45.1. The summed E-state index contributed by atoms with van der Waals surface area (Å²) < 4.78 is 10.8. The molecule has 1 N–H and O–H groups in total. The summed E-state index contributed by atoms with van der Waals surface area (Å²) >= 11 is 0. The summed E-state index contributed by atoms with van der Waals surface area (Å²) in [6, 6.07) is 0. The van der Waals surface area contributed by atoms with Gasteiger partial charge in [-0.25, -0.2) is 0 Å². The zero-order valence-corrected chi connectivity index (χ0v) is 65.8. The monoisotopic (exact) mass is 1340 g/mol. The van der Waals surface area contributed by atoms with Crippen molar-refractivity contribution in [3.05, 3.63) is 0 Å². The maximum absolute atomic E-state index is 12.4. The highest BCUT2D eigenvalue weighted by molar-refractivity contribution is 5.70. The summed E-state index contributed by atoms with van der Waals surface area (Å²) in [5.74, 6) is -0.553. The third-order valence-corrected chi connectivity index (χ3v) is 21.7. The Morgan fingerprint density at radius 1 is 0.200 bits per heavy atom. The minimum absolute atomic E-state index is 0.0550. The zero-order chi connectivity index (χ0) is 68.3. The van der Waals surface area contributed by atoms with Crippen LogP contribution in [0.3, 0.4) is 0 Å².